The number of aromatic nitrogens is 1. The fraction of sp³-hybridized carbons (Fsp3) is 0.387. The number of pyridine rings is 1. The number of amides is 2. The molecule has 1 unspecified atom stereocenters. The van der Waals surface area contributed by atoms with E-state index in [1.54, 1.807) is 56.6 Å². The minimum Gasteiger partial charge on any atom is -0.371 e. The van der Waals surface area contributed by atoms with Crippen molar-refractivity contribution in [1.29, 1.82) is 0 Å². The summed E-state index contributed by atoms with van der Waals surface area (Å²) in [6.07, 6.45) is 6.18. The van der Waals surface area contributed by atoms with E-state index in [1.807, 2.05) is 12.1 Å². The molecule has 2 aliphatic heterocycles. The smallest absolute Gasteiger partial charge is 0.244 e. The molecule has 1 atom stereocenters. The van der Waals surface area contributed by atoms with Gasteiger partial charge in [0.2, 0.25) is 21.8 Å². The van der Waals surface area contributed by atoms with Crippen LogP contribution in [0.15, 0.2) is 65.8 Å². The standard InChI is InChI=1S/C31H36ClN5O4S/c1-21-18-29(22(2)17-26(21)32)42(40,41)37-20-24-5-3-4-6-27(24)35-31(39)28(37)19-30(38)34-14-7-23-10-15-36(16-11-23)25-8-12-33-13-9-25/h3-6,8-9,12-13,17-18,23,28H,7,10-11,14-16,19-20H2,1-2H3,(H,34,38)(H,35,39). The Kier molecular flexibility index (Phi) is 9.15. The van der Waals surface area contributed by atoms with Gasteiger partial charge in [-0.3, -0.25) is 14.6 Å². The number of hydrogen-bond acceptors (Lipinski definition) is 6. The zero-order valence-corrected chi connectivity index (χ0v) is 25.4. The lowest BCUT2D eigenvalue weighted by molar-refractivity contribution is -0.127. The maximum absolute atomic E-state index is 14.1. The molecule has 5 rings (SSSR count). The third-order valence-electron chi connectivity index (χ3n) is 8.19. The van der Waals surface area contributed by atoms with Crippen molar-refractivity contribution < 1.29 is 18.0 Å². The van der Waals surface area contributed by atoms with Crippen LogP contribution >= 0.6 is 11.6 Å². The summed E-state index contributed by atoms with van der Waals surface area (Å²) in [5.41, 5.74) is 3.44. The summed E-state index contributed by atoms with van der Waals surface area (Å²) < 4.78 is 29.3. The second-order valence-corrected chi connectivity index (χ2v) is 13.3. The number of rotatable bonds is 8. The van der Waals surface area contributed by atoms with E-state index in [0.717, 1.165) is 36.7 Å². The van der Waals surface area contributed by atoms with Crippen LogP contribution in [0.25, 0.3) is 0 Å². The third-order valence-corrected chi connectivity index (χ3v) is 10.6. The van der Waals surface area contributed by atoms with E-state index >= 15 is 0 Å². The Morgan fingerprint density at radius 1 is 1.07 bits per heavy atom. The fourth-order valence-corrected chi connectivity index (χ4v) is 7.79. The van der Waals surface area contributed by atoms with Crippen molar-refractivity contribution >= 4 is 44.8 Å². The molecule has 0 bridgehead atoms. The molecule has 1 saturated heterocycles. The second kappa shape index (κ2) is 12.8. The highest BCUT2D eigenvalue weighted by Crippen LogP contribution is 2.32. The molecular formula is C31H36ClN5O4S. The van der Waals surface area contributed by atoms with Gasteiger partial charge in [0.25, 0.3) is 0 Å². The lowest BCUT2D eigenvalue weighted by Gasteiger charge is -2.33. The largest absolute Gasteiger partial charge is 0.371 e. The van der Waals surface area contributed by atoms with Crippen LogP contribution in [-0.2, 0) is 26.2 Å². The first-order valence-electron chi connectivity index (χ1n) is 14.2. The number of halogens is 1. The first-order chi connectivity index (χ1) is 20.1. The molecule has 11 heteroatoms. The monoisotopic (exact) mass is 609 g/mol. The van der Waals surface area contributed by atoms with Crippen LogP contribution in [0.1, 0.15) is 42.4 Å². The first-order valence-corrected chi connectivity index (χ1v) is 16.0. The number of benzene rings is 2. The van der Waals surface area contributed by atoms with Crippen LogP contribution in [0.5, 0.6) is 0 Å². The molecule has 2 aromatic carbocycles. The highest BCUT2D eigenvalue weighted by atomic mass is 35.5. The van der Waals surface area contributed by atoms with E-state index in [1.165, 1.54) is 11.8 Å². The Bertz CT molecular complexity index is 1560. The Balaban J connectivity index is 1.27. The SMILES string of the molecule is Cc1cc(S(=O)(=O)N2Cc3ccccc3NC(=O)C2CC(=O)NCCC2CCN(c3ccncc3)CC2)c(C)cc1Cl. The molecular weight excluding hydrogens is 574 g/mol. The van der Waals surface area contributed by atoms with Crippen LogP contribution in [0.2, 0.25) is 5.02 Å². The first kappa shape index (κ1) is 30.0. The number of nitrogens with zero attached hydrogens (tertiary/aromatic N) is 3. The van der Waals surface area contributed by atoms with Crippen LogP contribution < -0.4 is 15.5 Å². The fourth-order valence-electron chi connectivity index (χ4n) is 5.71. The maximum Gasteiger partial charge on any atom is 0.244 e. The Morgan fingerprint density at radius 2 is 1.79 bits per heavy atom. The number of nitrogens with one attached hydrogen (secondary N) is 2. The molecule has 0 aliphatic carbocycles. The van der Waals surface area contributed by atoms with Gasteiger partial charge in [0.05, 0.1) is 11.3 Å². The van der Waals surface area contributed by atoms with Gasteiger partial charge >= 0.3 is 0 Å². The number of hydrogen-bond donors (Lipinski definition) is 2. The number of carbonyl (C=O) groups is 2. The van der Waals surface area contributed by atoms with Crippen molar-refractivity contribution in [3.8, 4) is 0 Å². The summed E-state index contributed by atoms with van der Waals surface area (Å²) in [6.45, 7) is 5.72. The van der Waals surface area contributed by atoms with Gasteiger partial charge in [0.1, 0.15) is 6.04 Å². The van der Waals surface area contributed by atoms with Crippen molar-refractivity contribution in [2.24, 2.45) is 5.92 Å². The number of fused-ring (bicyclic) bond motifs is 1. The maximum atomic E-state index is 14.1. The molecule has 2 amide bonds. The lowest BCUT2D eigenvalue weighted by atomic mass is 9.93. The van der Waals surface area contributed by atoms with Gasteiger partial charge in [-0.1, -0.05) is 29.8 Å². The van der Waals surface area contributed by atoms with Crippen molar-refractivity contribution in [3.05, 3.63) is 82.6 Å². The number of carbonyl (C=O) groups excluding carboxylic acids is 2. The molecule has 222 valence electrons. The summed E-state index contributed by atoms with van der Waals surface area (Å²) >= 11 is 6.25. The molecule has 0 spiro atoms. The molecule has 2 N–H and O–H groups in total. The van der Waals surface area contributed by atoms with Crippen molar-refractivity contribution in [1.82, 2.24) is 14.6 Å². The quantitative estimate of drug-likeness (QED) is 0.384. The molecule has 0 saturated carbocycles. The van der Waals surface area contributed by atoms with Crippen LogP contribution in [0.3, 0.4) is 0 Å². The summed E-state index contributed by atoms with van der Waals surface area (Å²) in [6, 6.07) is 13.0. The Morgan fingerprint density at radius 3 is 2.52 bits per heavy atom. The molecule has 3 heterocycles. The van der Waals surface area contributed by atoms with Crippen molar-refractivity contribution in [3.63, 3.8) is 0 Å². The van der Waals surface area contributed by atoms with E-state index in [2.05, 4.69) is 20.5 Å². The van der Waals surface area contributed by atoms with Gasteiger partial charge in [-0.25, -0.2) is 8.42 Å². The summed E-state index contributed by atoms with van der Waals surface area (Å²) in [5.74, 6) is -0.419. The molecule has 42 heavy (non-hydrogen) atoms. The summed E-state index contributed by atoms with van der Waals surface area (Å²) in [7, 11) is -4.17. The van der Waals surface area contributed by atoms with Gasteiger partial charge in [-0.2, -0.15) is 4.31 Å². The second-order valence-electron chi connectivity index (χ2n) is 11.1. The van der Waals surface area contributed by atoms with E-state index in [9.17, 15) is 18.0 Å². The number of anilines is 2. The highest BCUT2D eigenvalue weighted by molar-refractivity contribution is 7.89. The Labute approximate surface area is 252 Å². The Hall–Kier alpha value is -3.47. The molecule has 0 radical (unpaired) electrons. The van der Waals surface area contributed by atoms with Crippen molar-refractivity contribution in [2.75, 3.05) is 29.9 Å². The highest BCUT2D eigenvalue weighted by Gasteiger charge is 2.40. The van der Waals surface area contributed by atoms with Crippen LogP contribution in [-0.4, -0.2) is 55.2 Å². The number of aryl methyl sites for hydroxylation is 2. The van der Waals surface area contributed by atoms with E-state index in [0.29, 0.717) is 39.9 Å². The van der Waals surface area contributed by atoms with Crippen LogP contribution in [0.4, 0.5) is 11.4 Å². The average molecular weight is 610 g/mol. The predicted molar refractivity (Wildman–Crippen MR) is 164 cm³/mol. The zero-order chi connectivity index (χ0) is 29.9. The summed E-state index contributed by atoms with van der Waals surface area (Å²) in [4.78, 5) is 33.1. The number of piperidine rings is 1. The summed E-state index contributed by atoms with van der Waals surface area (Å²) in [5, 5.41) is 6.24. The van der Waals surface area contributed by atoms with E-state index in [4.69, 9.17) is 11.6 Å². The molecule has 9 nitrogen and oxygen atoms in total. The molecule has 1 aromatic heterocycles. The minimum absolute atomic E-state index is 0.0492. The molecule has 1 fully saturated rings. The predicted octanol–water partition coefficient (Wildman–Crippen LogP) is 4.68. The van der Waals surface area contributed by atoms with Gasteiger partial charge < -0.3 is 15.5 Å². The minimum atomic E-state index is -4.17. The number of para-hydroxylation sites is 1. The van der Waals surface area contributed by atoms with Crippen LogP contribution in [0, 0.1) is 19.8 Å². The number of sulfonamides is 1. The van der Waals surface area contributed by atoms with E-state index in [-0.39, 0.29) is 23.8 Å². The molecule has 2 aliphatic rings. The van der Waals surface area contributed by atoms with Gasteiger partial charge in [0.15, 0.2) is 0 Å². The van der Waals surface area contributed by atoms with Gasteiger partial charge in [-0.15, -0.1) is 0 Å². The normalized spacial score (nSPS) is 18.2. The average Bonchev–Trinajstić information content (AvgIpc) is 3.12. The topological polar surface area (TPSA) is 112 Å². The lowest BCUT2D eigenvalue weighted by Crippen LogP contribution is -2.48. The van der Waals surface area contributed by atoms with Gasteiger partial charge in [-0.05, 0) is 86.1 Å². The van der Waals surface area contributed by atoms with E-state index < -0.39 is 22.0 Å². The van der Waals surface area contributed by atoms with Gasteiger partial charge in [0, 0.05) is 55.0 Å². The zero-order valence-electron chi connectivity index (χ0n) is 23.8. The van der Waals surface area contributed by atoms with Crippen molar-refractivity contribution in [2.45, 2.75) is 57.0 Å². The third kappa shape index (κ3) is 6.61. The molecule has 3 aromatic rings.